The lowest BCUT2D eigenvalue weighted by Crippen LogP contribution is -2.39. The molecular formula is C16H24N10O2. The summed E-state index contributed by atoms with van der Waals surface area (Å²) in [5, 5.41) is 40.0. The number of fused-ring (bicyclic) bond motifs is 1. The third-order valence-electron chi connectivity index (χ3n) is 4.98. The molecule has 150 valence electrons. The number of anilines is 1. The van der Waals surface area contributed by atoms with Gasteiger partial charge < -0.3 is 15.1 Å². The molecule has 0 saturated carbocycles. The zero-order valence-electron chi connectivity index (χ0n) is 16.3. The molecule has 4 heterocycles. The van der Waals surface area contributed by atoms with E-state index in [1.165, 1.54) is 0 Å². The van der Waals surface area contributed by atoms with Gasteiger partial charge in [0.15, 0.2) is 22.8 Å². The van der Waals surface area contributed by atoms with Crippen molar-refractivity contribution in [2.24, 2.45) is 7.05 Å². The first-order valence-corrected chi connectivity index (χ1v) is 9.18. The van der Waals surface area contributed by atoms with E-state index in [9.17, 15) is 10.2 Å². The van der Waals surface area contributed by atoms with Gasteiger partial charge in [0.25, 0.3) is 0 Å². The van der Waals surface area contributed by atoms with Crippen molar-refractivity contribution in [2.75, 3.05) is 18.1 Å². The molecule has 0 aromatic carbocycles. The number of nitrogens with zero attached hydrogens (tertiary/aromatic N) is 10. The lowest BCUT2D eigenvalue weighted by atomic mass is 9.95. The minimum Gasteiger partial charge on any atom is -0.394 e. The molecule has 0 spiro atoms. The van der Waals surface area contributed by atoms with Crippen LogP contribution in [0.3, 0.4) is 0 Å². The van der Waals surface area contributed by atoms with Crippen molar-refractivity contribution >= 4 is 17.0 Å². The van der Waals surface area contributed by atoms with Gasteiger partial charge in [-0.25, -0.2) is 19.3 Å². The van der Waals surface area contributed by atoms with Crippen LogP contribution in [0, 0.1) is 0 Å². The molecule has 12 heteroatoms. The molecule has 0 aliphatic carbocycles. The molecule has 4 rings (SSSR count). The van der Waals surface area contributed by atoms with Crippen molar-refractivity contribution in [3.63, 3.8) is 0 Å². The van der Waals surface area contributed by atoms with E-state index >= 15 is 0 Å². The fourth-order valence-corrected chi connectivity index (χ4v) is 3.32. The van der Waals surface area contributed by atoms with Crippen LogP contribution < -0.4 is 4.90 Å². The maximum absolute atomic E-state index is 10.2. The van der Waals surface area contributed by atoms with E-state index in [2.05, 4.69) is 25.8 Å². The van der Waals surface area contributed by atoms with Gasteiger partial charge in [0.1, 0.15) is 12.4 Å². The Morgan fingerprint density at radius 3 is 2.57 bits per heavy atom. The average Bonchev–Trinajstić information content (AvgIpc) is 3.33. The Kier molecular flexibility index (Phi) is 4.46. The second kappa shape index (κ2) is 6.71. The van der Waals surface area contributed by atoms with Gasteiger partial charge in [-0.2, -0.15) is 0 Å². The fourth-order valence-electron chi connectivity index (χ4n) is 3.32. The first kappa shape index (κ1) is 18.6. The maximum Gasteiger partial charge on any atom is 0.184 e. The second-order valence-electron chi connectivity index (χ2n) is 8.06. The molecule has 1 saturated heterocycles. The maximum atomic E-state index is 10.2. The Morgan fingerprint density at radius 1 is 1.14 bits per heavy atom. The highest BCUT2D eigenvalue weighted by atomic mass is 16.3. The molecule has 12 nitrogen and oxygen atoms in total. The summed E-state index contributed by atoms with van der Waals surface area (Å²) in [6.45, 7) is 6.80. The molecule has 2 unspecified atom stereocenters. The van der Waals surface area contributed by atoms with Gasteiger partial charge in [0, 0.05) is 19.0 Å². The second-order valence-corrected chi connectivity index (χ2v) is 8.06. The van der Waals surface area contributed by atoms with Gasteiger partial charge in [-0.3, -0.25) is 0 Å². The normalized spacial score (nSPS) is 20.4. The SMILES string of the molecule is Cn1nnnc1Cn1nnc2c(N3CCC(O)C3CO)nc(C(C)(C)C)nc21. The van der Waals surface area contributed by atoms with Gasteiger partial charge in [-0.1, -0.05) is 26.0 Å². The van der Waals surface area contributed by atoms with E-state index in [4.69, 9.17) is 9.97 Å². The molecule has 1 aliphatic heterocycles. The van der Waals surface area contributed by atoms with Crippen LogP contribution in [0.4, 0.5) is 5.82 Å². The minimum atomic E-state index is -0.618. The van der Waals surface area contributed by atoms with E-state index < -0.39 is 12.1 Å². The number of aliphatic hydroxyl groups excluding tert-OH is 2. The molecule has 0 amide bonds. The Balaban J connectivity index is 1.86. The van der Waals surface area contributed by atoms with Crippen LogP contribution in [0.2, 0.25) is 0 Å². The number of aromatic nitrogens is 9. The number of rotatable bonds is 4. The smallest absolute Gasteiger partial charge is 0.184 e. The quantitative estimate of drug-likeness (QED) is 0.572. The van der Waals surface area contributed by atoms with Gasteiger partial charge in [-0.15, -0.1) is 10.2 Å². The minimum absolute atomic E-state index is 0.170. The topological polar surface area (TPSA) is 144 Å². The highest BCUT2D eigenvalue weighted by Gasteiger charge is 2.36. The highest BCUT2D eigenvalue weighted by Crippen LogP contribution is 2.31. The van der Waals surface area contributed by atoms with Gasteiger partial charge in [-0.05, 0) is 16.8 Å². The number of aliphatic hydroxyl groups is 2. The molecule has 3 aromatic rings. The van der Waals surface area contributed by atoms with Crippen LogP contribution >= 0.6 is 0 Å². The van der Waals surface area contributed by atoms with Gasteiger partial charge in [0.05, 0.1) is 18.8 Å². The van der Waals surface area contributed by atoms with E-state index in [1.54, 1.807) is 16.4 Å². The Bertz CT molecular complexity index is 991. The summed E-state index contributed by atoms with van der Waals surface area (Å²) < 4.78 is 3.21. The summed E-state index contributed by atoms with van der Waals surface area (Å²) in [7, 11) is 1.76. The largest absolute Gasteiger partial charge is 0.394 e. The molecule has 3 aromatic heterocycles. The lowest BCUT2D eigenvalue weighted by molar-refractivity contribution is 0.128. The first-order valence-electron chi connectivity index (χ1n) is 9.18. The van der Waals surface area contributed by atoms with Crippen molar-refractivity contribution in [1.82, 2.24) is 45.2 Å². The Labute approximate surface area is 161 Å². The lowest BCUT2D eigenvalue weighted by Gasteiger charge is -2.27. The molecule has 2 N–H and O–H groups in total. The van der Waals surface area contributed by atoms with Crippen LogP contribution in [-0.4, -0.2) is 80.7 Å². The predicted octanol–water partition coefficient (Wildman–Crippen LogP) is -0.977. The molecule has 1 aliphatic rings. The molecule has 28 heavy (non-hydrogen) atoms. The van der Waals surface area contributed by atoms with E-state index in [0.29, 0.717) is 48.1 Å². The van der Waals surface area contributed by atoms with Crippen LogP contribution in [0.5, 0.6) is 0 Å². The molecule has 0 radical (unpaired) electrons. The van der Waals surface area contributed by atoms with Crippen LogP contribution in [-0.2, 0) is 19.0 Å². The summed E-state index contributed by atoms with van der Waals surface area (Å²) in [5.41, 5.74) is 0.781. The zero-order chi connectivity index (χ0) is 20.1. The van der Waals surface area contributed by atoms with Crippen LogP contribution in [0.25, 0.3) is 11.2 Å². The third kappa shape index (κ3) is 3.07. The first-order chi connectivity index (χ1) is 13.3. The Hall–Kier alpha value is -2.73. The summed E-state index contributed by atoms with van der Waals surface area (Å²) in [6.07, 6.45) is -0.0618. The van der Waals surface area contributed by atoms with E-state index in [-0.39, 0.29) is 12.0 Å². The zero-order valence-corrected chi connectivity index (χ0v) is 16.3. The van der Waals surface area contributed by atoms with Crippen molar-refractivity contribution in [3.05, 3.63) is 11.6 Å². The molecule has 1 fully saturated rings. The number of tetrazole rings is 1. The van der Waals surface area contributed by atoms with Crippen LogP contribution in [0.1, 0.15) is 38.8 Å². The Morgan fingerprint density at radius 2 is 1.93 bits per heavy atom. The van der Waals surface area contributed by atoms with Gasteiger partial charge >= 0.3 is 0 Å². The van der Waals surface area contributed by atoms with Crippen molar-refractivity contribution in [1.29, 1.82) is 0 Å². The van der Waals surface area contributed by atoms with Crippen LogP contribution in [0.15, 0.2) is 0 Å². The summed E-state index contributed by atoms with van der Waals surface area (Å²) in [4.78, 5) is 11.4. The standard InChI is InChI=1S/C16H24N10O2/c1-16(2,3)15-17-13(25-6-5-10(28)9(25)8-27)12-14(18-15)26(22-20-12)7-11-19-21-23-24(11)4/h9-10,27-28H,5-8H2,1-4H3. The van der Waals surface area contributed by atoms with Crippen molar-refractivity contribution in [3.8, 4) is 0 Å². The average molecular weight is 388 g/mol. The van der Waals surface area contributed by atoms with E-state index in [1.807, 2.05) is 25.7 Å². The summed E-state index contributed by atoms with van der Waals surface area (Å²) >= 11 is 0. The predicted molar refractivity (Wildman–Crippen MR) is 98.6 cm³/mol. The highest BCUT2D eigenvalue weighted by molar-refractivity contribution is 5.83. The number of aryl methyl sites for hydroxylation is 1. The number of hydrogen-bond acceptors (Lipinski definition) is 10. The van der Waals surface area contributed by atoms with Crippen molar-refractivity contribution < 1.29 is 10.2 Å². The number of hydrogen-bond donors (Lipinski definition) is 2. The van der Waals surface area contributed by atoms with E-state index in [0.717, 1.165) is 0 Å². The monoisotopic (exact) mass is 388 g/mol. The summed E-state index contributed by atoms with van der Waals surface area (Å²) in [5.74, 6) is 1.83. The fraction of sp³-hybridized carbons (Fsp3) is 0.688. The summed E-state index contributed by atoms with van der Waals surface area (Å²) in [6, 6.07) is -0.431. The third-order valence-corrected chi connectivity index (χ3v) is 4.98. The van der Waals surface area contributed by atoms with Crippen molar-refractivity contribution in [2.45, 2.75) is 51.3 Å². The van der Waals surface area contributed by atoms with Gasteiger partial charge in [0.2, 0.25) is 0 Å². The molecule has 2 atom stereocenters. The molecule has 0 bridgehead atoms. The molecular weight excluding hydrogens is 364 g/mol.